The van der Waals surface area contributed by atoms with Crippen LogP contribution in [0.15, 0.2) is 39.8 Å². The Morgan fingerprint density at radius 3 is 2.78 bits per heavy atom. The number of carboxylic acid groups (broad SMARTS) is 1. The van der Waals surface area contributed by atoms with Crippen LogP contribution in [0.4, 0.5) is 0 Å². The first-order chi connectivity index (χ1) is 8.56. The van der Waals surface area contributed by atoms with E-state index in [9.17, 15) is 4.79 Å². The highest BCUT2D eigenvalue weighted by Crippen LogP contribution is 2.32. The van der Waals surface area contributed by atoms with Crippen LogP contribution in [-0.2, 0) is 5.75 Å². The molecule has 6 heteroatoms. The molecule has 1 heterocycles. The number of furan rings is 1. The molecule has 0 fully saturated rings. The van der Waals surface area contributed by atoms with E-state index in [-0.39, 0.29) is 5.56 Å². The minimum atomic E-state index is -1.00. The average molecular weight is 303 g/mol. The lowest BCUT2D eigenvalue weighted by Gasteiger charge is -2.02. The van der Waals surface area contributed by atoms with Crippen molar-refractivity contribution < 1.29 is 14.3 Å². The quantitative estimate of drug-likeness (QED) is 0.840. The monoisotopic (exact) mass is 302 g/mol. The Balaban J connectivity index is 2.06. The third-order valence-electron chi connectivity index (χ3n) is 2.16. The first kappa shape index (κ1) is 13.3. The Morgan fingerprint density at radius 1 is 1.33 bits per heavy atom. The molecule has 0 atom stereocenters. The van der Waals surface area contributed by atoms with Gasteiger partial charge in [0.05, 0.1) is 16.3 Å². The second kappa shape index (κ2) is 5.69. The van der Waals surface area contributed by atoms with Crippen molar-refractivity contribution in [2.75, 3.05) is 0 Å². The van der Waals surface area contributed by atoms with E-state index in [1.807, 2.05) is 0 Å². The van der Waals surface area contributed by atoms with Gasteiger partial charge >= 0.3 is 5.97 Å². The Hall–Kier alpha value is -1.10. The van der Waals surface area contributed by atoms with Crippen molar-refractivity contribution in [1.29, 1.82) is 0 Å². The zero-order chi connectivity index (χ0) is 13.1. The van der Waals surface area contributed by atoms with Crippen LogP contribution in [0.3, 0.4) is 0 Å². The summed E-state index contributed by atoms with van der Waals surface area (Å²) in [5.74, 6) is 0.0668. The summed E-state index contributed by atoms with van der Waals surface area (Å²) < 4.78 is 5.14. The molecule has 0 amide bonds. The first-order valence-electron chi connectivity index (χ1n) is 4.95. The summed E-state index contributed by atoms with van der Waals surface area (Å²) in [6, 6.07) is 6.68. The topological polar surface area (TPSA) is 50.4 Å². The maximum Gasteiger partial charge on any atom is 0.338 e. The van der Waals surface area contributed by atoms with Crippen molar-refractivity contribution in [3.8, 4) is 0 Å². The van der Waals surface area contributed by atoms with Gasteiger partial charge in [-0.1, -0.05) is 23.2 Å². The number of carbonyl (C=O) groups is 1. The molecule has 0 spiro atoms. The lowest BCUT2D eigenvalue weighted by molar-refractivity contribution is 0.0696. The van der Waals surface area contributed by atoms with Gasteiger partial charge in [0.25, 0.3) is 0 Å². The van der Waals surface area contributed by atoms with Crippen molar-refractivity contribution in [1.82, 2.24) is 0 Å². The Kier molecular flexibility index (Phi) is 4.22. The number of rotatable bonds is 4. The molecule has 1 N–H and O–H groups in total. The molecule has 94 valence electrons. The lowest BCUT2D eigenvalue weighted by atomic mass is 10.3. The zero-order valence-electron chi connectivity index (χ0n) is 9.02. The van der Waals surface area contributed by atoms with Gasteiger partial charge in [0.15, 0.2) is 0 Å². The van der Waals surface area contributed by atoms with E-state index in [1.54, 1.807) is 18.2 Å². The molecule has 18 heavy (non-hydrogen) atoms. The molecule has 0 bridgehead atoms. The molecule has 0 aliphatic carbocycles. The van der Waals surface area contributed by atoms with Crippen LogP contribution in [0.5, 0.6) is 0 Å². The van der Waals surface area contributed by atoms with E-state index < -0.39 is 5.97 Å². The normalized spacial score (nSPS) is 10.6. The maximum atomic E-state index is 10.7. The van der Waals surface area contributed by atoms with Gasteiger partial charge in [-0.25, -0.2) is 4.79 Å². The van der Waals surface area contributed by atoms with Crippen LogP contribution in [0.25, 0.3) is 0 Å². The summed E-state index contributed by atoms with van der Waals surface area (Å²) >= 11 is 13.3. The smallest absolute Gasteiger partial charge is 0.338 e. The second-order valence-corrected chi connectivity index (χ2v) is 5.33. The number of aromatic carboxylic acids is 1. The van der Waals surface area contributed by atoms with Crippen LogP contribution in [-0.4, -0.2) is 11.1 Å². The van der Waals surface area contributed by atoms with Crippen molar-refractivity contribution >= 4 is 40.9 Å². The molecule has 2 aromatic rings. The lowest BCUT2D eigenvalue weighted by Crippen LogP contribution is -1.91. The second-order valence-electron chi connectivity index (χ2n) is 3.47. The summed E-state index contributed by atoms with van der Waals surface area (Å²) in [5.41, 5.74) is 0.141. The number of halogens is 2. The predicted molar refractivity (Wildman–Crippen MR) is 71.7 cm³/mol. The Labute approximate surface area is 118 Å². The number of carboxylic acids is 1. The summed E-state index contributed by atoms with van der Waals surface area (Å²) in [4.78, 5) is 11.5. The standard InChI is InChI=1S/C12H8Cl2O3S/c13-8-1-2-10(14)11(4-8)18-6-9-3-7(5-17-9)12(15)16/h1-5H,6H2,(H,15,16). The van der Waals surface area contributed by atoms with Crippen molar-refractivity contribution in [2.24, 2.45) is 0 Å². The van der Waals surface area contributed by atoms with Gasteiger partial charge in [-0.2, -0.15) is 0 Å². The minimum Gasteiger partial charge on any atom is -0.478 e. The fourth-order valence-corrected chi connectivity index (χ4v) is 2.69. The van der Waals surface area contributed by atoms with Gasteiger partial charge in [0.2, 0.25) is 0 Å². The number of hydrogen-bond acceptors (Lipinski definition) is 3. The van der Waals surface area contributed by atoms with E-state index >= 15 is 0 Å². The van der Waals surface area contributed by atoms with Gasteiger partial charge in [0.1, 0.15) is 12.0 Å². The Morgan fingerprint density at radius 2 is 2.11 bits per heavy atom. The molecule has 0 saturated heterocycles. The molecule has 1 aromatic carbocycles. The number of benzene rings is 1. The Bertz CT molecular complexity index is 580. The highest BCUT2D eigenvalue weighted by molar-refractivity contribution is 7.98. The first-order valence-corrected chi connectivity index (χ1v) is 6.69. The van der Waals surface area contributed by atoms with Crippen LogP contribution >= 0.6 is 35.0 Å². The molecule has 3 nitrogen and oxygen atoms in total. The van der Waals surface area contributed by atoms with E-state index in [0.717, 1.165) is 4.90 Å². The molecular weight excluding hydrogens is 295 g/mol. The third kappa shape index (κ3) is 3.22. The van der Waals surface area contributed by atoms with Gasteiger partial charge in [-0.3, -0.25) is 0 Å². The van der Waals surface area contributed by atoms with Crippen molar-refractivity contribution in [2.45, 2.75) is 10.6 Å². The molecule has 0 aliphatic heterocycles. The SMILES string of the molecule is O=C(O)c1coc(CSc2cc(Cl)ccc2Cl)c1. The van der Waals surface area contributed by atoms with E-state index in [4.69, 9.17) is 32.7 Å². The van der Waals surface area contributed by atoms with Crippen molar-refractivity contribution in [3.63, 3.8) is 0 Å². The third-order valence-corrected chi connectivity index (χ3v) is 3.92. The highest BCUT2D eigenvalue weighted by atomic mass is 35.5. The number of thioether (sulfide) groups is 1. The van der Waals surface area contributed by atoms with Gasteiger partial charge in [0, 0.05) is 9.92 Å². The van der Waals surface area contributed by atoms with Crippen molar-refractivity contribution in [3.05, 3.63) is 51.9 Å². The fourth-order valence-electron chi connectivity index (χ4n) is 1.31. The predicted octanol–water partition coefficient (Wildman–Crippen LogP) is 4.58. The summed E-state index contributed by atoms with van der Waals surface area (Å²) in [6.07, 6.45) is 1.22. The zero-order valence-corrected chi connectivity index (χ0v) is 11.4. The number of hydrogen-bond donors (Lipinski definition) is 1. The average Bonchev–Trinajstić information content (AvgIpc) is 2.79. The van der Waals surface area contributed by atoms with Crippen LogP contribution in [0.2, 0.25) is 10.0 Å². The summed E-state index contributed by atoms with van der Waals surface area (Å²) in [6.45, 7) is 0. The molecule has 1 aromatic heterocycles. The molecule has 2 rings (SSSR count). The van der Waals surface area contributed by atoms with Crippen LogP contribution < -0.4 is 0 Å². The van der Waals surface area contributed by atoms with Gasteiger partial charge in [-0.05, 0) is 24.3 Å². The maximum absolute atomic E-state index is 10.7. The largest absolute Gasteiger partial charge is 0.478 e. The molecule has 0 saturated carbocycles. The van der Waals surface area contributed by atoms with Gasteiger partial charge in [-0.15, -0.1) is 11.8 Å². The summed E-state index contributed by atoms with van der Waals surface area (Å²) in [7, 11) is 0. The van der Waals surface area contributed by atoms with Crippen LogP contribution in [0.1, 0.15) is 16.1 Å². The molecule has 0 aliphatic rings. The van der Waals surface area contributed by atoms with Crippen LogP contribution in [0, 0.1) is 0 Å². The van der Waals surface area contributed by atoms with Gasteiger partial charge < -0.3 is 9.52 Å². The minimum absolute atomic E-state index is 0.141. The molecule has 0 unspecified atom stereocenters. The molecule has 0 radical (unpaired) electrons. The molecular formula is C12H8Cl2O3S. The highest BCUT2D eigenvalue weighted by Gasteiger charge is 2.09. The fraction of sp³-hybridized carbons (Fsp3) is 0.0833. The van der Waals surface area contributed by atoms with E-state index in [2.05, 4.69) is 0 Å². The van der Waals surface area contributed by atoms with E-state index in [0.29, 0.717) is 21.6 Å². The summed E-state index contributed by atoms with van der Waals surface area (Å²) in [5, 5.41) is 9.97. The van der Waals surface area contributed by atoms with E-state index in [1.165, 1.54) is 24.1 Å².